The van der Waals surface area contributed by atoms with Gasteiger partial charge in [-0.1, -0.05) is 11.3 Å². The number of fused-ring (bicyclic) bond motifs is 1. The number of rotatable bonds is 12. The maximum absolute atomic E-state index is 12.7. The summed E-state index contributed by atoms with van der Waals surface area (Å²) in [5.74, 6) is -4.78. The van der Waals surface area contributed by atoms with Crippen LogP contribution >= 0.6 is 22.7 Å². The number of nitrogens with one attached hydrogen (secondary N) is 1. The summed E-state index contributed by atoms with van der Waals surface area (Å²) in [5, 5.41) is 2.32. The molecule has 0 atom stereocenters. The first-order valence-electron chi connectivity index (χ1n) is 12.8. The van der Waals surface area contributed by atoms with Crippen molar-refractivity contribution in [3.8, 4) is 5.75 Å². The molecule has 0 aliphatic rings. The van der Waals surface area contributed by atoms with E-state index in [-0.39, 0.29) is 34.2 Å². The number of benzene rings is 1. The Morgan fingerprint density at radius 1 is 0.951 bits per heavy atom. The zero-order valence-electron chi connectivity index (χ0n) is 23.3. The molecular weight excluding hydrogens is 594 g/mol. The van der Waals surface area contributed by atoms with Crippen LogP contribution in [0.2, 0.25) is 0 Å². The van der Waals surface area contributed by atoms with Crippen molar-refractivity contribution in [2.45, 2.75) is 41.2 Å². The predicted molar refractivity (Wildman–Crippen MR) is 155 cm³/mol. The molecular formula is C26H31N3O9S3. The molecule has 0 spiro atoms. The van der Waals surface area contributed by atoms with Gasteiger partial charge in [0.2, 0.25) is 5.91 Å². The van der Waals surface area contributed by atoms with Gasteiger partial charge in [-0.15, -0.1) is 11.3 Å². The maximum Gasteiger partial charge on any atom is 0.348 e. The van der Waals surface area contributed by atoms with Crippen LogP contribution < -0.4 is 14.9 Å². The lowest BCUT2D eigenvalue weighted by molar-refractivity contribution is -0.115. The van der Waals surface area contributed by atoms with Gasteiger partial charge < -0.3 is 24.1 Å². The van der Waals surface area contributed by atoms with Crippen molar-refractivity contribution in [1.29, 1.82) is 0 Å². The Kier molecular flexibility index (Phi) is 10.8. The number of hydrogen-bond acceptors (Lipinski definition) is 11. The summed E-state index contributed by atoms with van der Waals surface area (Å²) in [5.41, 5.74) is 0.985. The monoisotopic (exact) mass is 625 g/mol. The average molecular weight is 626 g/mol. The van der Waals surface area contributed by atoms with Gasteiger partial charge in [0.15, 0.2) is 14.6 Å². The normalized spacial score (nSPS) is 11.9. The highest BCUT2D eigenvalue weighted by Crippen LogP contribution is 2.34. The molecule has 3 rings (SSSR count). The molecule has 3 aromatic rings. The number of esters is 2. The molecule has 2 heterocycles. The van der Waals surface area contributed by atoms with Crippen molar-refractivity contribution < 1.29 is 41.8 Å². The Bertz CT molecular complexity index is 1650. The molecule has 2 aromatic heterocycles. The molecule has 0 aliphatic carbocycles. The fourth-order valence-corrected chi connectivity index (χ4v) is 7.14. The molecule has 0 bridgehead atoms. The summed E-state index contributed by atoms with van der Waals surface area (Å²) in [4.78, 5) is 54.6. The standard InChI is InChI=1S/C26H31N3O9S3/c1-6-29-17-11-10-16(36-7-2)12-18(17)39-26(29)28-20(31)14-41(34,35)13-19(30)27-23-21(24(32)37-8-3)15(5)22(40-23)25(33)38-9-4/h10-12H,6-9,13-14H2,1-5H3,(H,27,30). The fraction of sp³-hybridized carbons (Fsp3) is 0.423. The summed E-state index contributed by atoms with van der Waals surface area (Å²) >= 11 is 1.99. The number of aryl methyl sites for hydroxylation is 1. The molecule has 0 aliphatic heterocycles. The van der Waals surface area contributed by atoms with Crippen molar-refractivity contribution in [2.75, 3.05) is 36.6 Å². The van der Waals surface area contributed by atoms with Crippen LogP contribution in [0, 0.1) is 6.92 Å². The lowest BCUT2D eigenvalue weighted by Gasteiger charge is -2.07. The molecule has 41 heavy (non-hydrogen) atoms. The highest BCUT2D eigenvalue weighted by atomic mass is 32.2. The van der Waals surface area contributed by atoms with Gasteiger partial charge in [-0.25, -0.2) is 18.0 Å². The second-order valence-electron chi connectivity index (χ2n) is 8.48. The van der Waals surface area contributed by atoms with E-state index in [1.165, 1.54) is 18.3 Å². The molecule has 1 aromatic carbocycles. The summed E-state index contributed by atoms with van der Waals surface area (Å²) in [6.07, 6.45) is 0. The average Bonchev–Trinajstić information content (AvgIpc) is 3.39. The van der Waals surface area contributed by atoms with E-state index in [0.717, 1.165) is 21.6 Å². The Labute approximate surface area is 244 Å². The van der Waals surface area contributed by atoms with Gasteiger partial charge in [0, 0.05) is 6.54 Å². The number of thiazole rings is 1. The van der Waals surface area contributed by atoms with E-state index in [2.05, 4.69) is 10.3 Å². The molecule has 2 amide bonds. The van der Waals surface area contributed by atoms with Crippen LogP contribution in [0.25, 0.3) is 10.2 Å². The Morgan fingerprint density at radius 3 is 2.27 bits per heavy atom. The minimum atomic E-state index is -4.24. The molecule has 0 fully saturated rings. The van der Waals surface area contributed by atoms with Crippen LogP contribution in [0.5, 0.6) is 5.75 Å². The summed E-state index contributed by atoms with van der Waals surface area (Å²) in [6, 6.07) is 5.47. The maximum atomic E-state index is 12.7. The third-order valence-corrected chi connectivity index (χ3v) is 9.15. The van der Waals surface area contributed by atoms with Crippen molar-refractivity contribution in [1.82, 2.24) is 4.57 Å². The van der Waals surface area contributed by atoms with Gasteiger partial charge in [0.1, 0.15) is 27.1 Å². The number of hydrogen-bond donors (Lipinski definition) is 1. The highest BCUT2D eigenvalue weighted by molar-refractivity contribution is 7.92. The van der Waals surface area contributed by atoms with Gasteiger partial charge in [-0.2, -0.15) is 4.99 Å². The molecule has 0 radical (unpaired) electrons. The predicted octanol–water partition coefficient (Wildman–Crippen LogP) is 3.33. The molecule has 12 nitrogen and oxygen atoms in total. The van der Waals surface area contributed by atoms with Gasteiger partial charge in [-0.05, 0) is 58.4 Å². The van der Waals surface area contributed by atoms with E-state index < -0.39 is 45.1 Å². The van der Waals surface area contributed by atoms with Crippen molar-refractivity contribution in [3.63, 3.8) is 0 Å². The van der Waals surface area contributed by atoms with Crippen LogP contribution in [0.15, 0.2) is 23.2 Å². The second kappa shape index (κ2) is 13.9. The number of sulfone groups is 1. The highest BCUT2D eigenvalue weighted by Gasteiger charge is 2.29. The molecule has 0 saturated heterocycles. The lowest BCUT2D eigenvalue weighted by Crippen LogP contribution is -2.28. The van der Waals surface area contributed by atoms with Gasteiger partial charge in [0.05, 0.1) is 35.6 Å². The molecule has 222 valence electrons. The number of amides is 2. The SMILES string of the molecule is CCOC(=O)c1sc(NC(=O)CS(=O)(=O)CC(=O)N=c2sc3cc(OCC)ccc3n2CC)c(C(=O)OCC)c1C. The van der Waals surface area contributed by atoms with E-state index in [4.69, 9.17) is 14.2 Å². The minimum Gasteiger partial charge on any atom is -0.494 e. The zero-order chi connectivity index (χ0) is 30.3. The minimum absolute atomic E-state index is 0.0434. The van der Waals surface area contributed by atoms with Gasteiger partial charge in [-0.3, -0.25) is 9.59 Å². The van der Waals surface area contributed by atoms with E-state index in [0.29, 0.717) is 23.7 Å². The number of carbonyl (C=O) groups is 4. The van der Waals surface area contributed by atoms with E-state index in [9.17, 15) is 27.6 Å². The van der Waals surface area contributed by atoms with Crippen LogP contribution in [0.1, 0.15) is 53.3 Å². The van der Waals surface area contributed by atoms with E-state index in [1.807, 2.05) is 26.0 Å². The number of nitrogens with zero attached hydrogens (tertiary/aromatic N) is 2. The molecule has 0 unspecified atom stereocenters. The summed E-state index contributed by atoms with van der Waals surface area (Å²) in [6.45, 7) is 9.58. The topological polar surface area (TPSA) is 159 Å². The lowest BCUT2D eigenvalue weighted by atomic mass is 10.1. The van der Waals surface area contributed by atoms with Crippen LogP contribution in [0.4, 0.5) is 5.00 Å². The molecule has 0 saturated carbocycles. The number of ether oxygens (including phenoxy) is 3. The van der Waals surface area contributed by atoms with E-state index >= 15 is 0 Å². The quantitative estimate of drug-likeness (QED) is 0.298. The van der Waals surface area contributed by atoms with Crippen LogP contribution in [0.3, 0.4) is 0 Å². The van der Waals surface area contributed by atoms with Crippen LogP contribution in [-0.4, -0.2) is 68.1 Å². The van der Waals surface area contributed by atoms with Crippen molar-refractivity contribution >= 4 is 71.5 Å². The smallest absolute Gasteiger partial charge is 0.348 e. The largest absolute Gasteiger partial charge is 0.494 e. The van der Waals surface area contributed by atoms with Crippen molar-refractivity contribution in [2.24, 2.45) is 4.99 Å². The van der Waals surface area contributed by atoms with Gasteiger partial charge >= 0.3 is 11.9 Å². The third kappa shape index (κ3) is 7.80. The Hall–Kier alpha value is -3.56. The first-order chi connectivity index (χ1) is 19.4. The molecule has 1 N–H and O–H groups in total. The van der Waals surface area contributed by atoms with Crippen molar-refractivity contribution in [3.05, 3.63) is 39.0 Å². The van der Waals surface area contributed by atoms with Gasteiger partial charge in [0.25, 0.3) is 5.91 Å². The first-order valence-corrected chi connectivity index (χ1v) is 16.2. The fourth-order valence-electron chi connectivity index (χ4n) is 3.88. The number of thiophene rings is 1. The number of anilines is 1. The molecule has 15 heteroatoms. The second-order valence-corrected chi connectivity index (χ2v) is 12.6. The van der Waals surface area contributed by atoms with E-state index in [1.54, 1.807) is 24.5 Å². The van der Waals surface area contributed by atoms with Crippen LogP contribution in [-0.2, 0) is 35.4 Å². The summed E-state index contributed by atoms with van der Waals surface area (Å²) < 4.78 is 43.6. The third-order valence-electron chi connectivity index (χ3n) is 5.54. The summed E-state index contributed by atoms with van der Waals surface area (Å²) in [7, 11) is -4.24. The number of carbonyl (C=O) groups excluding carboxylic acids is 4. The first kappa shape index (κ1) is 32.0. The number of aromatic nitrogens is 1. The zero-order valence-corrected chi connectivity index (χ0v) is 25.7. The Morgan fingerprint density at radius 2 is 1.63 bits per heavy atom. The Balaban J connectivity index is 1.80.